The maximum atomic E-state index is 5.51. The van der Waals surface area contributed by atoms with E-state index in [1.54, 1.807) is 0 Å². The van der Waals surface area contributed by atoms with Crippen molar-refractivity contribution in [2.24, 2.45) is 17.8 Å². The average Bonchev–Trinajstić information content (AvgIpc) is 2.49. The highest BCUT2D eigenvalue weighted by Crippen LogP contribution is 2.34. The van der Waals surface area contributed by atoms with Gasteiger partial charge in [0.15, 0.2) is 0 Å². The number of hydrogen-bond acceptors (Lipinski definition) is 3. The van der Waals surface area contributed by atoms with Crippen molar-refractivity contribution in [2.75, 3.05) is 39.9 Å². The Hall–Kier alpha value is -0.120. The van der Waals surface area contributed by atoms with Gasteiger partial charge in [0.25, 0.3) is 0 Å². The molecule has 0 spiro atoms. The van der Waals surface area contributed by atoms with Gasteiger partial charge in [-0.1, -0.05) is 13.8 Å². The van der Waals surface area contributed by atoms with E-state index in [-0.39, 0.29) is 0 Å². The zero-order chi connectivity index (χ0) is 16.1. The second kappa shape index (κ2) is 8.65. The minimum absolute atomic E-state index is 0.587. The molecule has 1 saturated carbocycles. The maximum Gasteiger partial charge on any atom is 0.0630 e. The van der Waals surface area contributed by atoms with Gasteiger partial charge in [0.2, 0.25) is 0 Å². The summed E-state index contributed by atoms with van der Waals surface area (Å²) in [6.45, 7) is 15.2. The highest BCUT2D eigenvalue weighted by atomic mass is 16.5. The van der Waals surface area contributed by atoms with Gasteiger partial charge in [-0.25, -0.2) is 0 Å². The zero-order valence-corrected chi connectivity index (χ0v) is 15.6. The van der Waals surface area contributed by atoms with E-state index in [9.17, 15) is 0 Å². The van der Waals surface area contributed by atoms with Gasteiger partial charge in [0.05, 0.1) is 6.61 Å². The Labute approximate surface area is 138 Å². The second-order valence-electron chi connectivity index (χ2n) is 8.22. The molecule has 0 aromatic carbocycles. The first kappa shape index (κ1) is 18.2. The molecule has 1 aliphatic carbocycles. The van der Waals surface area contributed by atoms with Crippen LogP contribution >= 0.6 is 0 Å². The molecular formula is C19H38N2O. The molecule has 1 saturated heterocycles. The van der Waals surface area contributed by atoms with Crippen LogP contribution in [0.5, 0.6) is 0 Å². The summed E-state index contributed by atoms with van der Waals surface area (Å²) in [6, 6.07) is 1.24. The number of nitrogens with zero attached hydrogens (tertiary/aromatic N) is 2. The van der Waals surface area contributed by atoms with Gasteiger partial charge in [0, 0.05) is 45.4 Å². The number of hydrogen-bond donors (Lipinski definition) is 0. The summed E-state index contributed by atoms with van der Waals surface area (Å²) >= 11 is 0. The lowest BCUT2D eigenvalue weighted by atomic mass is 9.76. The summed E-state index contributed by atoms with van der Waals surface area (Å²) in [5.74, 6) is 2.76. The fourth-order valence-corrected chi connectivity index (χ4v) is 4.35. The van der Waals surface area contributed by atoms with Gasteiger partial charge >= 0.3 is 0 Å². The van der Waals surface area contributed by atoms with Crippen LogP contribution in [0, 0.1) is 17.8 Å². The molecule has 2 aliphatic rings. The maximum absolute atomic E-state index is 5.51. The van der Waals surface area contributed by atoms with Crippen molar-refractivity contribution in [3.8, 4) is 0 Å². The van der Waals surface area contributed by atoms with E-state index in [0.717, 1.165) is 24.4 Å². The van der Waals surface area contributed by atoms with E-state index >= 15 is 0 Å². The summed E-state index contributed by atoms with van der Waals surface area (Å²) in [4.78, 5) is 5.33. The second-order valence-corrected chi connectivity index (χ2v) is 8.22. The monoisotopic (exact) mass is 310 g/mol. The normalized spacial score (nSPS) is 32.0. The Morgan fingerprint density at radius 3 is 2.23 bits per heavy atom. The molecule has 2 fully saturated rings. The SMILES string of the molecule is COC[C@@H]1CN(C(C)C)CCN1CC1CCC(C(C)C)CC1. The zero-order valence-electron chi connectivity index (χ0n) is 15.6. The summed E-state index contributed by atoms with van der Waals surface area (Å²) in [7, 11) is 1.85. The van der Waals surface area contributed by atoms with Crippen LogP contribution in [-0.2, 0) is 4.74 Å². The standard InChI is InChI=1S/C19H38N2O/c1-15(2)18-8-6-17(7-9-18)12-21-11-10-20(16(3)4)13-19(21)14-22-5/h15-19H,6-14H2,1-5H3/t17?,18?,19-/m0/s1. The van der Waals surface area contributed by atoms with Gasteiger partial charge in [-0.05, 0) is 57.3 Å². The average molecular weight is 311 g/mol. The third kappa shape index (κ3) is 4.94. The van der Waals surface area contributed by atoms with Crippen LogP contribution in [0.3, 0.4) is 0 Å². The molecular weight excluding hydrogens is 272 g/mol. The Balaban J connectivity index is 1.83. The number of methoxy groups -OCH3 is 1. The van der Waals surface area contributed by atoms with Crippen molar-refractivity contribution in [3.05, 3.63) is 0 Å². The molecule has 22 heavy (non-hydrogen) atoms. The first-order valence-electron chi connectivity index (χ1n) is 9.48. The van der Waals surface area contributed by atoms with Crippen molar-refractivity contribution in [1.82, 2.24) is 9.80 Å². The van der Waals surface area contributed by atoms with E-state index < -0.39 is 0 Å². The molecule has 130 valence electrons. The Kier molecular flexibility index (Phi) is 7.17. The third-order valence-corrected chi connectivity index (χ3v) is 6.05. The fourth-order valence-electron chi connectivity index (χ4n) is 4.35. The highest BCUT2D eigenvalue weighted by Gasteiger charge is 2.31. The lowest BCUT2D eigenvalue weighted by Crippen LogP contribution is -2.57. The minimum Gasteiger partial charge on any atom is -0.383 e. The molecule has 0 aromatic rings. The number of ether oxygens (including phenoxy) is 1. The summed E-state index contributed by atoms with van der Waals surface area (Å²) in [6.07, 6.45) is 5.77. The molecule has 2 rings (SSSR count). The summed E-state index contributed by atoms with van der Waals surface area (Å²) in [5.41, 5.74) is 0. The van der Waals surface area contributed by atoms with Gasteiger partial charge in [-0.2, -0.15) is 0 Å². The molecule has 3 nitrogen and oxygen atoms in total. The van der Waals surface area contributed by atoms with Gasteiger partial charge in [0.1, 0.15) is 0 Å². The predicted octanol–water partition coefficient (Wildman–Crippen LogP) is 3.49. The first-order valence-corrected chi connectivity index (χ1v) is 9.48. The Morgan fingerprint density at radius 2 is 1.68 bits per heavy atom. The van der Waals surface area contributed by atoms with Crippen LogP contribution in [0.2, 0.25) is 0 Å². The smallest absolute Gasteiger partial charge is 0.0630 e. The van der Waals surface area contributed by atoms with Crippen molar-refractivity contribution in [2.45, 2.75) is 65.5 Å². The Morgan fingerprint density at radius 1 is 1.00 bits per heavy atom. The van der Waals surface area contributed by atoms with Crippen molar-refractivity contribution in [1.29, 1.82) is 0 Å². The molecule has 0 amide bonds. The fraction of sp³-hybridized carbons (Fsp3) is 1.00. The third-order valence-electron chi connectivity index (χ3n) is 6.05. The van der Waals surface area contributed by atoms with Crippen LogP contribution in [0.25, 0.3) is 0 Å². The van der Waals surface area contributed by atoms with Crippen molar-refractivity contribution < 1.29 is 4.74 Å². The molecule has 0 unspecified atom stereocenters. The van der Waals surface area contributed by atoms with Crippen LogP contribution in [0.1, 0.15) is 53.4 Å². The highest BCUT2D eigenvalue weighted by molar-refractivity contribution is 4.86. The van der Waals surface area contributed by atoms with E-state index in [1.807, 2.05) is 7.11 Å². The van der Waals surface area contributed by atoms with E-state index in [4.69, 9.17) is 4.74 Å². The first-order chi connectivity index (χ1) is 10.5. The van der Waals surface area contributed by atoms with Crippen LogP contribution in [-0.4, -0.2) is 61.8 Å². The van der Waals surface area contributed by atoms with Gasteiger partial charge in [-0.15, -0.1) is 0 Å². The molecule has 0 N–H and O–H groups in total. The summed E-state index contributed by atoms with van der Waals surface area (Å²) < 4.78 is 5.51. The number of piperazine rings is 1. The van der Waals surface area contributed by atoms with E-state index in [2.05, 4.69) is 37.5 Å². The van der Waals surface area contributed by atoms with E-state index in [1.165, 1.54) is 51.9 Å². The van der Waals surface area contributed by atoms with Crippen LogP contribution in [0.15, 0.2) is 0 Å². The van der Waals surface area contributed by atoms with E-state index in [0.29, 0.717) is 12.1 Å². The van der Waals surface area contributed by atoms with Crippen LogP contribution < -0.4 is 0 Å². The quantitative estimate of drug-likeness (QED) is 0.747. The van der Waals surface area contributed by atoms with Crippen LogP contribution in [0.4, 0.5) is 0 Å². The summed E-state index contributed by atoms with van der Waals surface area (Å²) in [5, 5.41) is 0. The largest absolute Gasteiger partial charge is 0.383 e. The molecule has 0 bridgehead atoms. The molecule has 1 heterocycles. The molecule has 1 atom stereocenters. The topological polar surface area (TPSA) is 15.7 Å². The number of rotatable bonds is 6. The lowest BCUT2D eigenvalue weighted by Gasteiger charge is -2.44. The molecule has 3 heteroatoms. The van der Waals surface area contributed by atoms with Crippen molar-refractivity contribution >= 4 is 0 Å². The van der Waals surface area contributed by atoms with Gasteiger partial charge in [-0.3, -0.25) is 9.80 Å². The lowest BCUT2D eigenvalue weighted by molar-refractivity contribution is 0.00186. The minimum atomic E-state index is 0.587. The molecule has 0 aromatic heterocycles. The van der Waals surface area contributed by atoms with Gasteiger partial charge < -0.3 is 4.74 Å². The van der Waals surface area contributed by atoms with Crippen molar-refractivity contribution in [3.63, 3.8) is 0 Å². The Bertz CT molecular complexity index is 311. The molecule has 0 radical (unpaired) electrons. The predicted molar refractivity (Wildman–Crippen MR) is 94.2 cm³/mol. The molecule has 1 aliphatic heterocycles.